The molecule has 1 aromatic carbocycles. The van der Waals surface area contributed by atoms with Crippen LogP contribution in [0, 0.1) is 0 Å². The summed E-state index contributed by atoms with van der Waals surface area (Å²) in [5, 5.41) is 3.39. The zero-order chi connectivity index (χ0) is 14.3. The molecule has 4 heteroatoms. The number of nitrogens with one attached hydrogen (secondary N) is 1. The Labute approximate surface area is 116 Å². The van der Waals surface area contributed by atoms with Gasteiger partial charge < -0.3 is 19.5 Å². The van der Waals surface area contributed by atoms with Crippen LogP contribution < -0.4 is 14.8 Å². The minimum Gasteiger partial charge on any atom is -0.497 e. The minimum atomic E-state index is -0.166. The smallest absolute Gasteiger partial charge is 0.123 e. The molecule has 0 saturated heterocycles. The lowest BCUT2D eigenvalue weighted by Gasteiger charge is -2.25. The Kier molecular flexibility index (Phi) is 6.12. The van der Waals surface area contributed by atoms with Gasteiger partial charge in [-0.2, -0.15) is 0 Å². The normalized spacial score (nSPS) is 11.4. The zero-order valence-electron chi connectivity index (χ0n) is 12.6. The van der Waals surface area contributed by atoms with Gasteiger partial charge in [0.1, 0.15) is 11.5 Å². The molecule has 0 bridgehead atoms. The first-order valence-corrected chi connectivity index (χ1v) is 6.58. The van der Waals surface area contributed by atoms with Gasteiger partial charge >= 0.3 is 0 Å². The minimum absolute atomic E-state index is 0.166. The van der Waals surface area contributed by atoms with E-state index in [1.807, 2.05) is 25.1 Å². The average Bonchev–Trinajstić information content (AvgIpc) is 2.38. The molecule has 4 nitrogen and oxygen atoms in total. The van der Waals surface area contributed by atoms with Crippen LogP contribution in [-0.4, -0.2) is 33.0 Å². The molecule has 0 radical (unpaired) electrons. The highest BCUT2D eigenvalue weighted by Gasteiger charge is 2.17. The van der Waals surface area contributed by atoms with E-state index in [1.54, 1.807) is 14.2 Å². The summed E-state index contributed by atoms with van der Waals surface area (Å²) in [5.41, 5.74) is 0.912. The maximum atomic E-state index is 5.65. The van der Waals surface area contributed by atoms with Crippen LogP contribution in [0.15, 0.2) is 18.2 Å². The van der Waals surface area contributed by atoms with Crippen molar-refractivity contribution in [1.82, 2.24) is 5.32 Å². The third-order valence-electron chi connectivity index (χ3n) is 2.89. The molecule has 0 aliphatic heterocycles. The van der Waals surface area contributed by atoms with E-state index in [0.717, 1.165) is 36.8 Å². The fraction of sp³-hybridized carbons (Fsp3) is 0.600. The highest BCUT2D eigenvalue weighted by atomic mass is 16.5. The van der Waals surface area contributed by atoms with Crippen LogP contribution in [0.1, 0.15) is 26.3 Å². The Hall–Kier alpha value is -1.26. The van der Waals surface area contributed by atoms with Crippen molar-refractivity contribution in [3.63, 3.8) is 0 Å². The maximum Gasteiger partial charge on any atom is 0.123 e. The van der Waals surface area contributed by atoms with E-state index >= 15 is 0 Å². The lowest BCUT2D eigenvalue weighted by atomic mass is 10.1. The van der Waals surface area contributed by atoms with Crippen LogP contribution in [0.3, 0.4) is 0 Å². The first-order chi connectivity index (χ1) is 9.02. The second-order valence-electron chi connectivity index (χ2n) is 4.97. The molecule has 0 amide bonds. The summed E-state index contributed by atoms with van der Waals surface area (Å²) in [5.74, 6) is 1.70. The van der Waals surface area contributed by atoms with Gasteiger partial charge in [0.25, 0.3) is 0 Å². The standard InChI is InChI=1S/C15H25NO3/c1-6-19-15(2,3)11-16-10-12-9-13(17-4)7-8-14(12)18-5/h7-9,16H,6,10-11H2,1-5H3. The molecule has 0 saturated carbocycles. The van der Waals surface area contributed by atoms with E-state index in [2.05, 4.69) is 19.2 Å². The molecule has 1 N–H and O–H groups in total. The Morgan fingerprint density at radius 2 is 1.89 bits per heavy atom. The molecule has 0 aromatic heterocycles. The number of hydrogen-bond donors (Lipinski definition) is 1. The molecule has 0 unspecified atom stereocenters. The molecule has 1 aromatic rings. The van der Waals surface area contributed by atoms with Crippen molar-refractivity contribution in [1.29, 1.82) is 0 Å². The quantitative estimate of drug-likeness (QED) is 0.786. The van der Waals surface area contributed by atoms with Crippen molar-refractivity contribution in [3.8, 4) is 11.5 Å². The van der Waals surface area contributed by atoms with Gasteiger partial charge in [-0.3, -0.25) is 0 Å². The summed E-state index contributed by atoms with van der Waals surface area (Å²) in [6.45, 7) is 8.38. The molecule has 0 aliphatic rings. The average molecular weight is 267 g/mol. The predicted octanol–water partition coefficient (Wildman–Crippen LogP) is 2.61. The van der Waals surface area contributed by atoms with Gasteiger partial charge in [0.2, 0.25) is 0 Å². The third-order valence-corrected chi connectivity index (χ3v) is 2.89. The van der Waals surface area contributed by atoms with Gasteiger partial charge in [-0.15, -0.1) is 0 Å². The lowest BCUT2D eigenvalue weighted by molar-refractivity contribution is -0.00900. The van der Waals surface area contributed by atoms with Crippen molar-refractivity contribution >= 4 is 0 Å². The Morgan fingerprint density at radius 1 is 1.16 bits per heavy atom. The summed E-state index contributed by atoms with van der Waals surface area (Å²) >= 11 is 0. The summed E-state index contributed by atoms with van der Waals surface area (Å²) < 4.78 is 16.2. The summed E-state index contributed by atoms with van der Waals surface area (Å²) in [6, 6.07) is 5.80. The topological polar surface area (TPSA) is 39.7 Å². The second-order valence-corrected chi connectivity index (χ2v) is 4.97. The van der Waals surface area contributed by atoms with E-state index in [4.69, 9.17) is 14.2 Å². The predicted molar refractivity (Wildman–Crippen MR) is 77.0 cm³/mol. The van der Waals surface area contributed by atoms with Crippen LogP contribution in [0.5, 0.6) is 11.5 Å². The van der Waals surface area contributed by atoms with E-state index in [0.29, 0.717) is 0 Å². The van der Waals surface area contributed by atoms with E-state index in [1.165, 1.54) is 0 Å². The number of ether oxygens (including phenoxy) is 3. The molecule has 108 valence electrons. The molecule has 0 atom stereocenters. The van der Waals surface area contributed by atoms with Gasteiger partial charge in [-0.25, -0.2) is 0 Å². The van der Waals surface area contributed by atoms with Crippen LogP contribution in [0.4, 0.5) is 0 Å². The molecule has 0 heterocycles. The van der Waals surface area contributed by atoms with Crippen molar-refractivity contribution in [2.24, 2.45) is 0 Å². The van der Waals surface area contributed by atoms with E-state index in [-0.39, 0.29) is 5.60 Å². The van der Waals surface area contributed by atoms with Gasteiger partial charge in [-0.1, -0.05) is 0 Å². The fourth-order valence-electron chi connectivity index (χ4n) is 1.96. The lowest BCUT2D eigenvalue weighted by Crippen LogP contribution is -2.37. The van der Waals surface area contributed by atoms with Gasteiger partial charge in [0.05, 0.1) is 19.8 Å². The van der Waals surface area contributed by atoms with E-state index < -0.39 is 0 Å². The molecule has 0 fully saturated rings. The molecule has 1 rings (SSSR count). The van der Waals surface area contributed by atoms with E-state index in [9.17, 15) is 0 Å². The summed E-state index contributed by atoms with van der Waals surface area (Å²) in [6.07, 6.45) is 0. The Morgan fingerprint density at radius 3 is 2.47 bits per heavy atom. The number of methoxy groups -OCH3 is 2. The molecular formula is C15H25NO3. The summed E-state index contributed by atoms with van der Waals surface area (Å²) in [7, 11) is 3.34. The van der Waals surface area contributed by atoms with Gasteiger partial charge in [0.15, 0.2) is 0 Å². The Balaban J connectivity index is 2.61. The molecular weight excluding hydrogens is 242 g/mol. The van der Waals surface area contributed by atoms with Gasteiger partial charge in [0, 0.05) is 25.3 Å². The molecule has 19 heavy (non-hydrogen) atoms. The van der Waals surface area contributed by atoms with Crippen LogP contribution in [0.25, 0.3) is 0 Å². The van der Waals surface area contributed by atoms with Crippen molar-refractivity contribution in [2.45, 2.75) is 32.9 Å². The SMILES string of the molecule is CCOC(C)(C)CNCc1cc(OC)ccc1OC. The van der Waals surface area contributed by atoms with Crippen molar-refractivity contribution in [3.05, 3.63) is 23.8 Å². The second kappa shape index (κ2) is 7.36. The maximum absolute atomic E-state index is 5.65. The van der Waals surface area contributed by atoms with Crippen LogP contribution in [-0.2, 0) is 11.3 Å². The monoisotopic (exact) mass is 267 g/mol. The van der Waals surface area contributed by atoms with Crippen molar-refractivity contribution < 1.29 is 14.2 Å². The number of hydrogen-bond acceptors (Lipinski definition) is 4. The summed E-state index contributed by atoms with van der Waals surface area (Å²) in [4.78, 5) is 0. The highest BCUT2D eigenvalue weighted by Crippen LogP contribution is 2.23. The van der Waals surface area contributed by atoms with Gasteiger partial charge in [-0.05, 0) is 39.0 Å². The first-order valence-electron chi connectivity index (χ1n) is 6.58. The zero-order valence-corrected chi connectivity index (χ0v) is 12.6. The number of rotatable bonds is 8. The largest absolute Gasteiger partial charge is 0.497 e. The molecule has 0 aliphatic carbocycles. The number of benzene rings is 1. The third kappa shape index (κ3) is 5.09. The first kappa shape index (κ1) is 15.8. The highest BCUT2D eigenvalue weighted by molar-refractivity contribution is 5.40. The fourth-order valence-corrected chi connectivity index (χ4v) is 1.96. The van der Waals surface area contributed by atoms with Crippen LogP contribution in [0.2, 0.25) is 0 Å². The Bertz CT molecular complexity index is 391. The van der Waals surface area contributed by atoms with Crippen molar-refractivity contribution in [2.75, 3.05) is 27.4 Å². The van der Waals surface area contributed by atoms with Crippen LogP contribution >= 0.6 is 0 Å². The molecule has 0 spiro atoms.